The number of carboxylic acids is 2. The number of nitrogens with one attached hydrogen (secondary N) is 13. The van der Waals surface area contributed by atoms with E-state index in [1.165, 1.54) is 54.2 Å². The van der Waals surface area contributed by atoms with E-state index in [-0.39, 0.29) is 108 Å². The van der Waals surface area contributed by atoms with Crippen molar-refractivity contribution in [2.24, 2.45) is 17.8 Å². The quantitative estimate of drug-likeness (QED) is 0.124. The minimum atomic E-state index is -1.30. The molecule has 7 heterocycles. The van der Waals surface area contributed by atoms with Gasteiger partial charge in [-0.1, -0.05) is 102 Å². The number of benzene rings is 2. The third-order valence-electron chi connectivity index (χ3n) is 25.0. The summed E-state index contributed by atoms with van der Waals surface area (Å²) >= 11 is 0. The van der Waals surface area contributed by atoms with E-state index in [0.29, 0.717) is 83.7 Å². The largest absolute Gasteiger partial charge is 0.481 e. The van der Waals surface area contributed by atoms with E-state index in [1.54, 1.807) is 56.9 Å². The Hall–Kier alpha value is -11.8. The third kappa shape index (κ3) is 30.4. The van der Waals surface area contributed by atoms with Crippen molar-refractivity contribution in [3.05, 3.63) is 71.8 Å². The molecule has 15 N–H and O–H groups in total. The van der Waals surface area contributed by atoms with Crippen molar-refractivity contribution < 1.29 is 106 Å². The van der Waals surface area contributed by atoms with Gasteiger partial charge in [0.2, 0.25) is 94.5 Å². The molecule has 132 heavy (non-hydrogen) atoms. The standard InChI is InChI=1S/C55H87N13O15.C37H49N5O7/c1-28(2)43-40(69)20-10-11-21-56-35(26-42(71)72)48(76)62-34(9)54(82)67-24-14-18-38(67)51(79)59-31(6)46(74)61-33(8)53(81)66-23-13-17-37(66)50(78)58-30(5)45(73)57-27-41(70)65-22-12-16-36(65)49(77)60-32(7)47(75)64-44(29(3)4)55(83)68-25-15-19-39(68)52(80)63-43;1-24(2)20-30-37(49)42-19-11-16-31(42)36(48)41-29(22-26-14-7-4-8-15-26)35(47)40-28(21-25-12-5-3-6-13-25)34(46)39-27(23-33(44)45)32(43)17-9-10-18-38-30/h28-39,43-44,56H,10-27H2,1-9H3,(H,57,73)(H,58,78)(H,59,79)(H,60,77)(H,61,74)(H,62,76)(H,63,80)(H,64,75)(H,71,72);3-8,12-15,24,27-31,38H,9-11,16-23H2,1-2H3,(H,39,46)(H,40,47)(H,41,48)(H,44,45)/t30-,31-,32-,33-,34-,35-,36+,37+,38-,39+,43-,44-;27-,28-,29-,30-,31-/m10/s1. The van der Waals surface area contributed by atoms with Crippen molar-refractivity contribution in [3.63, 3.8) is 0 Å². The number of hydrogen-bond donors (Lipinski definition) is 15. The Morgan fingerprint density at radius 2 is 0.667 bits per heavy atom. The first-order valence-electron chi connectivity index (χ1n) is 46.5. The fourth-order valence-corrected chi connectivity index (χ4v) is 17.7. The van der Waals surface area contributed by atoms with Crippen LogP contribution in [0.25, 0.3) is 0 Å². The van der Waals surface area contributed by atoms with E-state index >= 15 is 0 Å². The summed E-state index contributed by atoms with van der Waals surface area (Å²) in [7, 11) is 0. The van der Waals surface area contributed by atoms with Gasteiger partial charge in [-0.2, -0.15) is 0 Å². The van der Waals surface area contributed by atoms with Crippen LogP contribution in [0.15, 0.2) is 60.7 Å². The highest BCUT2D eigenvalue weighted by Crippen LogP contribution is 2.27. The highest BCUT2D eigenvalue weighted by molar-refractivity contribution is 6.02. The minimum Gasteiger partial charge on any atom is -0.481 e. The zero-order valence-electron chi connectivity index (χ0n) is 77.6. The number of fused-ring (bicyclic) bond motifs is 5. The molecule has 40 nitrogen and oxygen atoms in total. The van der Waals surface area contributed by atoms with Crippen LogP contribution in [-0.4, -0.2) is 308 Å². The summed E-state index contributed by atoms with van der Waals surface area (Å²) in [5, 5.41) is 54.8. The predicted octanol–water partition coefficient (Wildman–Crippen LogP) is -0.793. The monoisotopic (exact) mass is 1850 g/mol. The second kappa shape index (κ2) is 50.7. The summed E-state index contributed by atoms with van der Waals surface area (Å²) in [6, 6.07) is 0.0385. The molecule has 16 amide bonds. The molecule has 40 heteroatoms. The first-order chi connectivity index (χ1) is 62.6. The molecule has 7 aliphatic heterocycles. The lowest BCUT2D eigenvalue weighted by Crippen LogP contribution is -2.59. The number of carboxylic acid groups (broad SMARTS) is 2. The van der Waals surface area contributed by atoms with Crippen LogP contribution in [0.3, 0.4) is 0 Å². The second-order valence-corrected chi connectivity index (χ2v) is 36.6. The van der Waals surface area contributed by atoms with E-state index in [2.05, 4.69) is 69.1 Å². The van der Waals surface area contributed by atoms with Gasteiger partial charge in [-0.15, -0.1) is 0 Å². The Morgan fingerprint density at radius 1 is 0.333 bits per heavy atom. The average molecular weight is 1850 g/mol. The summed E-state index contributed by atoms with van der Waals surface area (Å²) < 4.78 is 0. The van der Waals surface area contributed by atoms with Crippen molar-refractivity contribution in [1.29, 1.82) is 0 Å². The van der Waals surface area contributed by atoms with Crippen molar-refractivity contribution in [1.82, 2.24) is 93.6 Å². The number of carbonyl (C=O) groups is 20. The summed E-state index contributed by atoms with van der Waals surface area (Å²) in [5.41, 5.74) is 1.51. The summed E-state index contributed by atoms with van der Waals surface area (Å²) in [6.07, 6.45) is 4.96. The number of nitrogens with zero attached hydrogens (tertiary/aromatic N) is 5. The van der Waals surface area contributed by atoms with E-state index in [1.807, 2.05) is 50.2 Å². The SMILES string of the molecule is CC(C)C[C@@H]1NCCCCC(=O)[C@H](CC(=O)O)NC(=O)[C@H](Cc2ccccc2)NC(=O)[C@H](Cc2ccccc2)NC(=O)[C@@H]2CCCN2C1=O.CC(C)[C@H]1NC(=O)[C@@H]2CCCN2C(=O)[C@@H](C(C)C)NC(=O)[C@@H](C)NC(=O)[C@@H]2CCCN2C(=O)CNC(=O)[C@@H](C)NC(=O)[C@@H]2CCCN2C(=O)[C@@H](C)NC(=O)[C@@H](C)NC(=O)[C@H]2CCCN2C(=O)[C@@H](C)NC(=O)[C@@H](CC(=O)O)NCCCCC1=O. The van der Waals surface area contributed by atoms with Crippen molar-refractivity contribution in [2.45, 2.75) is 314 Å². The van der Waals surface area contributed by atoms with E-state index in [4.69, 9.17) is 0 Å². The number of amides is 16. The molecule has 9 rings (SSSR count). The molecule has 726 valence electrons. The maximum Gasteiger partial charge on any atom is 0.305 e. The Morgan fingerprint density at radius 3 is 1.11 bits per heavy atom. The normalized spacial score (nSPS) is 29.0. The molecule has 2 aromatic carbocycles. The molecule has 0 radical (unpaired) electrons. The molecule has 7 aliphatic rings. The Bertz CT molecular complexity index is 4460. The van der Waals surface area contributed by atoms with Gasteiger partial charge < -0.3 is 104 Å². The van der Waals surface area contributed by atoms with Gasteiger partial charge in [0.25, 0.3) is 0 Å². The zero-order chi connectivity index (χ0) is 96.9. The maximum atomic E-state index is 14.2. The van der Waals surface area contributed by atoms with Crippen LogP contribution in [0.1, 0.15) is 209 Å². The highest BCUT2D eigenvalue weighted by Gasteiger charge is 2.46. The van der Waals surface area contributed by atoms with Gasteiger partial charge >= 0.3 is 11.9 Å². The molecule has 2 aromatic rings. The number of hydrogen-bond acceptors (Lipinski definition) is 22. The molecule has 0 saturated carbocycles. The van der Waals surface area contributed by atoms with Crippen molar-refractivity contribution in [2.75, 3.05) is 52.4 Å². The lowest BCUT2D eigenvalue weighted by molar-refractivity contribution is -0.143. The Balaban J connectivity index is 0.000000371. The van der Waals surface area contributed by atoms with Crippen molar-refractivity contribution in [3.8, 4) is 0 Å². The first kappa shape index (κ1) is 106. The van der Waals surface area contributed by atoms with E-state index in [9.17, 15) is 106 Å². The third-order valence-corrected chi connectivity index (χ3v) is 25.0. The molecular weight excluding hydrogens is 1710 g/mol. The number of Topliss-reactive ketones (excluding diaryl/α,β-unsaturated/α-hetero) is 2. The molecule has 7 fully saturated rings. The van der Waals surface area contributed by atoms with Crippen LogP contribution in [-0.2, 0) is 109 Å². The molecule has 0 unspecified atom stereocenters. The fraction of sp³-hybridized carbons (Fsp3) is 0.652. The van der Waals surface area contributed by atoms with Crippen LogP contribution in [0.5, 0.6) is 0 Å². The molecule has 0 spiro atoms. The summed E-state index contributed by atoms with van der Waals surface area (Å²) in [6.45, 7) is 19.1. The molecule has 7 saturated heterocycles. The first-order valence-corrected chi connectivity index (χ1v) is 46.5. The van der Waals surface area contributed by atoms with E-state index in [0.717, 1.165) is 11.1 Å². The van der Waals surface area contributed by atoms with Crippen LogP contribution >= 0.6 is 0 Å². The summed E-state index contributed by atoms with van der Waals surface area (Å²) in [4.78, 5) is 277. The van der Waals surface area contributed by atoms with Gasteiger partial charge in [0, 0.05) is 58.4 Å². The lowest BCUT2D eigenvalue weighted by Gasteiger charge is -2.32. The van der Waals surface area contributed by atoms with Crippen LogP contribution < -0.4 is 69.1 Å². The topological polar surface area (TPSA) is 554 Å². The van der Waals surface area contributed by atoms with Gasteiger partial charge in [-0.05, 0) is 173 Å². The van der Waals surface area contributed by atoms with E-state index < -0.39 is 234 Å². The van der Waals surface area contributed by atoms with Crippen molar-refractivity contribution >= 4 is 118 Å². The molecule has 17 atom stereocenters. The molecule has 0 aromatic heterocycles. The molecule has 0 aliphatic carbocycles. The fourth-order valence-electron chi connectivity index (χ4n) is 17.7. The lowest BCUT2D eigenvalue weighted by atomic mass is 9.95. The van der Waals surface area contributed by atoms with Gasteiger partial charge in [0.05, 0.1) is 43.6 Å². The van der Waals surface area contributed by atoms with Gasteiger partial charge in [0.15, 0.2) is 11.6 Å². The van der Waals surface area contributed by atoms with Crippen LogP contribution in [0, 0.1) is 17.8 Å². The van der Waals surface area contributed by atoms with Gasteiger partial charge in [0.1, 0.15) is 78.5 Å². The Labute approximate surface area is 769 Å². The summed E-state index contributed by atoms with van der Waals surface area (Å²) in [5.74, 6) is -13.7. The zero-order valence-corrected chi connectivity index (χ0v) is 77.6. The predicted molar refractivity (Wildman–Crippen MR) is 480 cm³/mol. The molecule has 0 bridgehead atoms. The number of aliphatic carboxylic acids is 2. The number of rotatable bonds is 12. The average Bonchev–Trinajstić information content (AvgIpc) is 1.65. The minimum absolute atomic E-state index is 0.00923. The van der Waals surface area contributed by atoms with Crippen LogP contribution in [0.2, 0.25) is 0 Å². The second-order valence-electron chi connectivity index (χ2n) is 36.6. The smallest absolute Gasteiger partial charge is 0.305 e. The molecular formula is C92H136N18O22. The highest BCUT2D eigenvalue weighted by atomic mass is 16.4. The van der Waals surface area contributed by atoms with Crippen LogP contribution in [0.4, 0.5) is 0 Å². The maximum absolute atomic E-state index is 14.2. The number of carbonyl (C=O) groups excluding carboxylic acids is 18. The number of ketones is 2. The van der Waals surface area contributed by atoms with Gasteiger partial charge in [-0.25, -0.2) is 0 Å². The van der Waals surface area contributed by atoms with Gasteiger partial charge in [-0.3, -0.25) is 95.9 Å². The Kier molecular flexibility index (Phi) is 40.5.